The molecule has 0 spiro atoms. The number of hydrogen-bond acceptors (Lipinski definition) is 3. The zero-order chi connectivity index (χ0) is 14.5. The summed E-state index contributed by atoms with van der Waals surface area (Å²) in [7, 11) is 0. The van der Waals surface area contributed by atoms with Gasteiger partial charge in [-0.1, -0.05) is 36.2 Å². The predicted octanol–water partition coefficient (Wildman–Crippen LogP) is 4.30. The molecule has 3 nitrogen and oxygen atoms in total. The van der Waals surface area contributed by atoms with Crippen molar-refractivity contribution >= 4 is 23.2 Å². The van der Waals surface area contributed by atoms with E-state index in [4.69, 9.17) is 33.7 Å². The third-order valence-electron chi connectivity index (χ3n) is 2.85. The minimum atomic E-state index is 0.399. The highest BCUT2D eigenvalue weighted by Gasteiger charge is 2.08. The molecule has 0 aliphatic heterocycles. The molecule has 0 aliphatic rings. The Hall–Kier alpha value is -1.29. The number of benzene rings is 1. The summed E-state index contributed by atoms with van der Waals surface area (Å²) in [6.07, 6.45) is 2.65. The lowest BCUT2D eigenvalue weighted by Crippen LogP contribution is -2.04. The molecule has 2 aromatic rings. The first-order valence-electron chi connectivity index (χ1n) is 6.43. The van der Waals surface area contributed by atoms with Crippen LogP contribution in [-0.2, 0) is 6.54 Å². The molecule has 1 aromatic heterocycles. The van der Waals surface area contributed by atoms with Gasteiger partial charge in [-0.15, -0.1) is 0 Å². The first-order valence-corrected chi connectivity index (χ1v) is 7.18. The third-order valence-corrected chi connectivity index (χ3v) is 3.58. The fourth-order valence-electron chi connectivity index (χ4n) is 1.80. The molecule has 2 rings (SSSR count). The second kappa shape index (κ2) is 6.93. The van der Waals surface area contributed by atoms with Crippen LogP contribution in [0.15, 0.2) is 30.5 Å². The van der Waals surface area contributed by atoms with E-state index in [1.807, 2.05) is 12.1 Å². The van der Waals surface area contributed by atoms with Crippen molar-refractivity contribution in [1.82, 2.24) is 4.98 Å². The first kappa shape index (κ1) is 15.1. The summed E-state index contributed by atoms with van der Waals surface area (Å²) in [4.78, 5) is 4.40. The van der Waals surface area contributed by atoms with Crippen LogP contribution < -0.4 is 10.5 Å². The van der Waals surface area contributed by atoms with Crippen LogP contribution in [0.4, 0.5) is 0 Å². The molecule has 0 fully saturated rings. The summed E-state index contributed by atoms with van der Waals surface area (Å²) in [5.41, 5.74) is 8.39. The Kier molecular flexibility index (Phi) is 5.24. The Morgan fingerprint density at radius 2 is 2.00 bits per heavy atom. The molecule has 1 heterocycles. The van der Waals surface area contributed by atoms with Gasteiger partial charge < -0.3 is 10.5 Å². The van der Waals surface area contributed by atoms with Crippen molar-refractivity contribution in [1.29, 1.82) is 0 Å². The second-order valence-electron chi connectivity index (χ2n) is 4.36. The van der Waals surface area contributed by atoms with Crippen molar-refractivity contribution in [3.8, 4) is 17.0 Å². The van der Waals surface area contributed by atoms with Crippen LogP contribution in [0.5, 0.6) is 5.75 Å². The summed E-state index contributed by atoms with van der Waals surface area (Å²) in [6, 6.07) is 7.34. The molecule has 5 heteroatoms. The number of halogens is 2. The SMILES string of the molecule is CCCOc1cnc(-c2ccc(Cl)c(Cl)c2)cc1CN. The van der Waals surface area contributed by atoms with E-state index in [-0.39, 0.29) is 0 Å². The van der Waals surface area contributed by atoms with Gasteiger partial charge in [0.25, 0.3) is 0 Å². The van der Waals surface area contributed by atoms with E-state index in [0.29, 0.717) is 23.2 Å². The zero-order valence-corrected chi connectivity index (χ0v) is 12.7. The topological polar surface area (TPSA) is 48.1 Å². The smallest absolute Gasteiger partial charge is 0.142 e. The predicted molar refractivity (Wildman–Crippen MR) is 83.4 cm³/mol. The van der Waals surface area contributed by atoms with Crippen molar-refractivity contribution < 1.29 is 4.74 Å². The van der Waals surface area contributed by atoms with E-state index in [1.54, 1.807) is 18.3 Å². The summed E-state index contributed by atoms with van der Waals surface area (Å²) < 4.78 is 5.62. The number of nitrogens with two attached hydrogens (primary N) is 1. The lowest BCUT2D eigenvalue weighted by Gasteiger charge is -2.11. The van der Waals surface area contributed by atoms with Gasteiger partial charge in [0.15, 0.2) is 0 Å². The molecule has 1 aromatic carbocycles. The molecule has 2 N–H and O–H groups in total. The molecule has 0 unspecified atom stereocenters. The minimum Gasteiger partial charge on any atom is -0.492 e. The Balaban J connectivity index is 2.35. The van der Waals surface area contributed by atoms with Crippen molar-refractivity contribution in [3.63, 3.8) is 0 Å². The average Bonchev–Trinajstić information content (AvgIpc) is 2.47. The maximum atomic E-state index is 6.03. The van der Waals surface area contributed by atoms with E-state index in [2.05, 4.69) is 11.9 Å². The van der Waals surface area contributed by atoms with Gasteiger partial charge in [-0.3, -0.25) is 4.98 Å². The number of aromatic nitrogens is 1. The molecule has 0 radical (unpaired) electrons. The van der Waals surface area contributed by atoms with Crippen LogP contribution in [0.1, 0.15) is 18.9 Å². The van der Waals surface area contributed by atoms with Crippen LogP contribution in [0.3, 0.4) is 0 Å². The van der Waals surface area contributed by atoms with Crippen molar-refractivity contribution in [2.45, 2.75) is 19.9 Å². The summed E-state index contributed by atoms with van der Waals surface area (Å²) >= 11 is 11.9. The van der Waals surface area contributed by atoms with Gasteiger partial charge in [0.1, 0.15) is 5.75 Å². The van der Waals surface area contributed by atoms with Crippen molar-refractivity contribution in [2.75, 3.05) is 6.61 Å². The quantitative estimate of drug-likeness (QED) is 0.895. The Morgan fingerprint density at radius 1 is 1.20 bits per heavy atom. The van der Waals surface area contributed by atoms with Crippen LogP contribution in [-0.4, -0.2) is 11.6 Å². The highest BCUT2D eigenvalue weighted by atomic mass is 35.5. The lowest BCUT2D eigenvalue weighted by molar-refractivity contribution is 0.313. The van der Waals surface area contributed by atoms with Gasteiger partial charge in [-0.2, -0.15) is 0 Å². The number of nitrogens with zero attached hydrogens (tertiary/aromatic N) is 1. The average molecular weight is 311 g/mol. The lowest BCUT2D eigenvalue weighted by atomic mass is 10.1. The molecular weight excluding hydrogens is 295 g/mol. The Bertz CT molecular complexity index is 602. The second-order valence-corrected chi connectivity index (χ2v) is 5.17. The highest BCUT2D eigenvalue weighted by molar-refractivity contribution is 6.42. The number of pyridine rings is 1. The first-order chi connectivity index (χ1) is 9.65. The van der Waals surface area contributed by atoms with E-state index >= 15 is 0 Å². The maximum absolute atomic E-state index is 6.03. The molecule has 0 saturated heterocycles. The summed E-state index contributed by atoms with van der Waals surface area (Å²) in [5.74, 6) is 0.734. The fourth-order valence-corrected chi connectivity index (χ4v) is 2.10. The van der Waals surface area contributed by atoms with Crippen molar-refractivity contribution in [3.05, 3.63) is 46.1 Å². The van der Waals surface area contributed by atoms with Gasteiger partial charge >= 0.3 is 0 Å². The number of ether oxygens (including phenoxy) is 1. The fraction of sp³-hybridized carbons (Fsp3) is 0.267. The van der Waals surface area contributed by atoms with Gasteiger partial charge in [-0.05, 0) is 24.6 Å². The largest absolute Gasteiger partial charge is 0.492 e. The Morgan fingerprint density at radius 3 is 2.65 bits per heavy atom. The maximum Gasteiger partial charge on any atom is 0.142 e. The van der Waals surface area contributed by atoms with Crippen LogP contribution in [0.2, 0.25) is 10.0 Å². The van der Waals surface area contributed by atoms with E-state index < -0.39 is 0 Å². The Labute approximate surface area is 128 Å². The molecule has 0 saturated carbocycles. The molecule has 20 heavy (non-hydrogen) atoms. The molecule has 0 aliphatic carbocycles. The third kappa shape index (κ3) is 3.42. The minimum absolute atomic E-state index is 0.399. The van der Waals surface area contributed by atoms with Crippen LogP contribution >= 0.6 is 23.2 Å². The van der Waals surface area contributed by atoms with Gasteiger partial charge in [0, 0.05) is 17.7 Å². The van der Waals surface area contributed by atoms with E-state index in [9.17, 15) is 0 Å². The van der Waals surface area contributed by atoms with Crippen LogP contribution in [0.25, 0.3) is 11.3 Å². The summed E-state index contributed by atoms with van der Waals surface area (Å²) in [6.45, 7) is 3.11. The standard InChI is InChI=1S/C15H16Cl2N2O/c1-2-5-20-15-9-19-14(7-11(15)8-18)10-3-4-12(16)13(17)6-10/h3-4,6-7,9H,2,5,8,18H2,1H3. The zero-order valence-electron chi connectivity index (χ0n) is 11.2. The van der Waals surface area contributed by atoms with Crippen LogP contribution in [0, 0.1) is 0 Å². The van der Waals surface area contributed by atoms with Gasteiger partial charge in [-0.25, -0.2) is 0 Å². The summed E-state index contributed by atoms with van der Waals surface area (Å²) in [5, 5.41) is 1.03. The monoisotopic (exact) mass is 310 g/mol. The number of hydrogen-bond donors (Lipinski definition) is 1. The normalized spacial score (nSPS) is 10.6. The molecule has 0 atom stereocenters. The molecule has 0 amide bonds. The van der Waals surface area contributed by atoms with Crippen molar-refractivity contribution in [2.24, 2.45) is 5.73 Å². The van der Waals surface area contributed by atoms with Gasteiger partial charge in [0.05, 0.1) is 28.5 Å². The molecular formula is C15H16Cl2N2O. The van der Waals surface area contributed by atoms with E-state index in [1.165, 1.54) is 0 Å². The highest BCUT2D eigenvalue weighted by Crippen LogP contribution is 2.29. The van der Waals surface area contributed by atoms with E-state index in [0.717, 1.165) is 29.0 Å². The molecule has 0 bridgehead atoms. The number of rotatable bonds is 5. The molecule has 106 valence electrons. The van der Waals surface area contributed by atoms with Gasteiger partial charge in [0.2, 0.25) is 0 Å².